The number of benzene rings is 1. The van der Waals surface area contributed by atoms with Gasteiger partial charge in [-0.3, -0.25) is 19.7 Å². The molecule has 6 heteroatoms. The molecule has 6 atom stereocenters. The van der Waals surface area contributed by atoms with Crippen molar-refractivity contribution in [1.82, 2.24) is 0 Å². The van der Waals surface area contributed by atoms with E-state index in [-0.39, 0.29) is 34.4 Å². The number of nitro benzene ring substituents is 1. The molecule has 0 amide bonds. The van der Waals surface area contributed by atoms with Gasteiger partial charge in [-0.2, -0.15) is 0 Å². The van der Waals surface area contributed by atoms with Gasteiger partial charge in [0.2, 0.25) is 0 Å². The van der Waals surface area contributed by atoms with Gasteiger partial charge in [-0.1, -0.05) is 25.5 Å². The summed E-state index contributed by atoms with van der Waals surface area (Å²) in [7, 11) is 0. The molecule has 0 aliphatic heterocycles. The van der Waals surface area contributed by atoms with Crippen LogP contribution in [0.25, 0.3) is 6.08 Å². The maximum Gasteiger partial charge on any atom is 0.302 e. The summed E-state index contributed by atoms with van der Waals surface area (Å²) in [4.78, 5) is 35.6. The predicted molar refractivity (Wildman–Crippen MR) is 129 cm³/mol. The number of carbonyl (C=O) groups is 2. The van der Waals surface area contributed by atoms with Gasteiger partial charge in [0.05, 0.1) is 4.92 Å². The Morgan fingerprint density at radius 2 is 1.79 bits per heavy atom. The van der Waals surface area contributed by atoms with Gasteiger partial charge in [0, 0.05) is 30.9 Å². The van der Waals surface area contributed by atoms with Gasteiger partial charge in [0.15, 0.2) is 5.78 Å². The normalized spacial score (nSPS) is 37.9. The zero-order valence-electron chi connectivity index (χ0n) is 20.2. The molecule has 3 fully saturated rings. The molecular weight excluding hydrogens is 430 g/mol. The molecule has 6 nitrogen and oxygen atoms in total. The van der Waals surface area contributed by atoms with Crippen molar-refractivity contribution < 1.29 is 19.2 Å². The highest BCUT2D eigenvalue weighted by atomic mass is 16.6. The van der Waals surface area contributed by atoms with E-state index in [9.17, 15) is 19.7 Å². The summed E-state index contributed by atoms with van der Waals surface area (Å²) in [6, 6.07) is 6.45. The molecule has 0 spiro atoms. The van der Waals surface area contributed by atoms with Gasteiger partial charge in [0.25, 0.3) is 5.69 Å². The highest BCUT2D eigenvalue weighted by Crippen LogP contribution is 2.64. The third-order valence-corrected chi connectivity index (χ3v) is 9.48. The van der Waals surface area contributed by atoms with E-state index in [1.165, 1.54) is 24.6 Å². The zero-order chi connectivity index (χ0) is 24.3. The molecule has 1 aromatic rings. The summed E-state index contributed by atoms with van der Waals surface area (Å²) in [5.41, 5.74) is 3.00. The highest BCUT2D eigenvalue weighted by molar-refractivity contribution is 6.06. The number of hydrogen-bond acceptors (Lipinski definition) is 5. The summed E-state index contributed by atoms with van der Waals surface area (Å²) < 4.78 is 5.54. The van der Waals surface area contributed by atoms with Crippen LogP contribution < -0.4 is 0 Å². The lowest BCUT2D eigenvalue weighted by molar-refractivity contribution is -0.384. The minimum Gasteiger partial charge on any atom is -0.462 e. The van der Waals surface area contributed by atoms with Gasteiger partial charge >= 0.3 is 5.97 Å². The second kappa shape index (κ2) is 8.17. The van der Waals surface area contributed by atoms with Crippen molar-refractivity contribution in [3.63, 3.8) is 0 Å². The number of ketones is 1. The lowest BCUT2D eigenvalue weighted by Crippen LogP contribution is -2.50. The molecule has 0 aromatic heterocycles. The molecule has 3 saturated carbocycles. The quantitative estimate of drug-likeness (QED) is 0.179. The average molecular weight is 464 g/mol. The molecule has 0 N–H and O–H groups in total. The molecule has 0 unspecified atom stereocenters. The van der Waals surface area contributed by atoms with Crippen molar-refractivity contribution in [1.29, 1.82) is 0 Å². The van der Waals surface area contributed by atoms with E-state index in [2.05, 4.69) is 19.9 Å². The number of carbonyl (C=O) groups excluding carboxylic acids is 2. The van der Waals surface area contributed by atoms with Crippen LogP contribution in [0, 0.1) is 38.7 Å². The predicted octanol–water partition coefficient (Wildman–Crippen LogP) is 6.05. The topological polar surface area (TPSA) is 86.5 Å². The lowest BCUT2D eigenvalue weighted by atomic mass is 9.48. The molecule has 4 aliphatic rings. The van der Waals surface area contributed by atoms with Crippen molar-refractivity contribution in [2.24, 2.45) is 28.6 Å². The van der Waals surface area contributed by atoms with E-state index in [1.807, 2.05) is 6.08 Å². The summed E-state index contributed by atoms with van der Waals surface area (Å²) in [5, 5.41) is 11.0. The number of nitrogens with zero attached hydrogens (tertiary/aromatic N) is 1. The van der Waals surface area contributed by atoms with Crippen LogP contribution in [0.2, 0.25) is 0 Å². The van der Waals surface area contributed by atoms with E-state index >= 15 is 0 Å². The van der Waals surface area contributed by atoms with Crippen LogP contribution in [0.3, 0.4) is 0 Å². The Labute approximate surface area is 200 Å². The van der Waals surface area contributed by atoms with E-state index < -0.39 is 4.92 Å². The molecule has 34 heavy (non-hydrogen) atoms. The Hall–Kier alpha value is -2.76. The lowest BCUT2D eigenvalue weighted by Gasteiger charge is -2.56. The number of hydrogen-bond donors (Lipinski definition) is 0. The van der Waals surface area contributed by atoms with Crippen molar-refractivity contribution in [3.05, 3.63) is 57.2 Å². The fourth-order valence-electron chi connectivity index (χ4n) is 7.66. The van der Waals surface area contributed by atoms with Gasteiger partial charge in [-0.05, 0) is 91.0 Å². The SMILES string of the molecule is CC(=O)O[C@@H]1CC[C@@]2(C)C(=CC[C@H]3[C@@H]4C/C(=C\c5ccc([N+](=O)[O-])cc5)C(=O)[C@]4(C)CC[C@@H]32)C1. The standard InChI is InChI=1S/C28H33NO5/c1-17(30)34-22-10-12-27(2)20(16-22)6-9-23-24(27)11-13-28(3)25(23)15-19(26(28)31)14-18-4-7-21(8-5-18)29(32)33/h4-8,14,22-25H,9-13,15-16H2,1-3H3/b19-14+/t22-,23-,24+,25+,27+,28-/m1/s1. The molecule has 0 bridgehead atoms. The summed E-state index contributed by atoms with van der Waals surface area (Å²) >= 11 is 0. The molecule has 4 aliphatic carbocycles. The zero-order valence-corrected chi connectivity index (χ0v) is 20.2. The maximum absolute atomic E-state index is 13.6. The largest absolute Gasteiger partial charge is 0.462 e. The smallest absolute Gasteiger partial charge is 0.302 e. The van der Waals surface area contributed by atoms with Crippen molar-refractivity contribution >= 4 is 23.5 Å². The first-order chi connectivity index (χ1) is 16.1. The van der Waals surface area contributed by atoms with Crippen LogP contribution in [-0.4, -0.2) is 22.8 Å². The Balaban J connectivity index is 1.40. The number of esters is 1. The van der Waals surface area contributed by atoms with Gasteiger partial charge < -0.3 is 4.74 Å². The third kappa shape index (κ3) is 3.62. The van der Waals surface area contributed by atoms with Crippen LogP contribution >= 0.6 is 0 Å². The van der Waals surface area contributed by atoms with Crippen LogP contribution in [-0.2, 0) is 14.3 Å². The van der Waals surface area contributed by atoms with Gasteiger partial charge in [0.1, 0.15) is 6.10 Å². The minimum absolute atomic E-state index is 0.00785. The molecule has 5 rings (SSSR count). The number of non-ortho nitro benzene ring substituents is 1. The summed E-state index contributed by atoms with van der Waals surface area (Å²) in [5.74, 6) is 1.41. The van der Waals surface area contributed by atoms with Gasteiger partial charge in [-0.25, -0.2) is 0 Å². The highest BCUT2D eigenvalue weighted by Gasteiger charge is 2.60. The first-order valence-electron chi connectivity index (χ1n) is 12.5. The molecule has 0 radical (unpaired) electrons. The van der Waals surface area contributed by atoms with E-state index in [0.29, 0.717) is 17.8 Å². The molecule has 1 aromatic carbocycles. The number of ether oxygens (including phenoxy) is 1. The molecule has 180 valence electrons. The molecular formula is C28H33NO5. The second-order valence-electron chi connectivity index (χ2n) is 11.2. The maximum atomic E-state index is 13.6. The van der Waals surface area contributed by atoms with E-state index in [1.54, 1.807) is 12.1 Å². The Kier molecular flexibility index (Phi) is 5.53. The van der Waals surface area contributed by atoms with Crippen LogP contribution in [0.4, 0.5) is 5.69 Å². The Bertz CT molecular complexity index is 1100. The number of nitro groups is 1. The second-order valence-corrected chi connectivity index (χ2v) is 11.2. The van der Waals surface area contributed by atoms with Gasteiger partial charge in [-0.15, -0.1) is 0 Å². The number of Topliss-reactive ketones (excluding diaryl/α,β-unsaturated/α-hetero) is 1. The van der Waals surface area contributed by atoms with Crippen molar-refractivity contribution in [2.45, 2.75) is 71.8 Å². The molecule has 0 heterocycles. The van der Waals surface area contributed by atoms with Crippen LogP contribution in [0.15, 0.2) is 41.5 Å². The first-order valence-corrected chi connectivity index (χ1v) is 12.5. The third-order valence-electron chi connectivity index (χ3n) is 9.48. The molecule has 0 saturated heterocycles. The monoisotopic (exact) mass is 463 g/mol. The number of allylic oxidation sites excluding steroid dienone is 2. The van der Waals surface area contributed by atoms with Crippen LogP contribution in [0.5, 0.6) is 0 Å². The number of rotatable bonds is 3. The Morgan fingerprint density at radius 1 is 1.09 bits per heavy atom. The first kappa shape index (κ1) is 23.0. The number of fused-ring (bicyclic) bond motifs is 5. The fourth-order valence-corrected chi connectivity index (χ4v) is 7.66. The van der Waals surface area contributed by atoms with E-state index in [4.69, 9.17) is 4.74 Å². The summed E-state index contributed by atoms with van der Waals surface area (Å²) in [6.45, 7) is 6.04. The van der Waals surface area contributed by atoms with E-state index in [0.717, 1.165) is 56.1 Å². The van der Waals surface area contributed by atoms with Crippen LogP contribution in [0.1, 0.15) is 71.3 Å². The summed E-state index contributed by atoms with van der Waals surface area (Å²) in [6.07, 6.45) is 10.8. The average Bonchev–Trinajstić information content (AvgIpc) is 3.04. The Morgan fingerprint density at radius 3 is 2.47 bits per heavy atom. The fraction of sp³-hybridized carbons (Fsp3) is 0.571. The minimum atomic E-state index is -0.404. The van der Waals surface area contributed by atoms with Crippen molar-refractivity contribution in [2.75, 3.05) is 0 Å². The van der Waals surface area contributed by atoms with Crippen molar-refractivity contribution in [3.8, 4) is 0 Å².